The van der Waals surface area contributed by atoms with Gasteiger partial charge < -0.3 is 19.2 Å². The molecule has 1 saturated heterocycles. The van der Waals surface area contributed by atoms with Gasteiger partial charge in [0.25, 0.3) is 5.91 Å². The summed E-state index contributed by atoms with van der Waals surface area (Å²) in [5.74, 6) is 2.70. The number of rotatable bonds is 4. The lowest BCUT2D eigenvalue weighted by Crippen LogP contribution is -2.40. The molecule has 1 aliphatic carbocycles. The average molecular weight is 439 g/mol. The molecule has 0 aromatic carbocycles. The molecule has 9 heteroatoms. The van der Waals surface area contributed by atoms with Gasteiger partial charge in [0, 0.05) is 58.1 Å². The van der Waals surface area contributed by atoms with E-state index in [9.17, 15) is 9.59 Å². The lowest BCUT2D eigenvalue weighted by atomic mass is 9.99. The molecule has 32 heavy (non-hydrogen) atoms. The highest BCUT2D eigenvalue weighted by Crippen LogP contribution is 2.40. The molecule has 2 aliphatic heterocycles. The summed E-state index contributed by atoms with van der Waals surface area (Å²) in [7, 11) is 3.91. The minimum atomic E-state index is -0.188. The molecule has 4 heterocycles. The van der Waals surface area contributed by atoms with Crippen LogP contribution in [0.4, 0.5) is 5.82 Å². The van der Waals surface area contributed by atoms with E-state index in [1.807, 2.05) is 28.8 Å². The van der Waals surface area contributed by atoms with Gasteiger partial charge in [0.2, 0.25) is 5.91 Å². The summed E-state index contributed by atoms with van der Waals surface area (Å²) in [6.45, 7) is 3.43. The summed E-state index contributed by atoms with van der Waals surface area (Å²) in [6.07, 6.45) is 5.70. The van der Waals surface area contributed by atoms with Crippen molar-refractivity contribution in [3.05, 3.63) is 34.6 Å². The number of carbonyl (C=O) groups is 2. The fraction of sp³-hybridized carbons (Fsp3) is 0.609. The number of nitrogens with zero attached hydrogens (tertiary/aromatic N) is 6. The Kier molecular flexibility index (Phi) is 5.35. The number of piperidine rings is 1. The van der Waals surface area contributed by atoms with Crippen molar-refractivity contribution < 1.29 is 14.1 Å². The van der Waals surface area contributed by atoms with E-state index in [0.29, 0.717) is 43.5 Å². The molecule has 0 unspecified atom stereocenters. The Morgan fingerprint density at radius 2 is 1.94 bits per heavy atom. The van der Waals surface area contributed by atoms with Crippen molar-refractivity contribution in [1.29, 1.82) is 0 Å². The highest BCUT2D eigenvalue weighted by Gasteiger charge is 2.35. The van der Waals surface area contributed by atoms with Crippen molar-refractivity contribution in [3.63, 3.8) is 0 Å². The van der Waals surface area contributed by atoms with Crippen LogP contribution in [0.5, 0.6) is 0 Å². The molecule has 0 bridgehead atoms. The van der Waals surface area contributed by atoms with Gasteiger partial charge in [-0.3, -0.25) is 9.59 Å². The topological polar surface area (TPSA) is 95.7 Å². The van der Waals surface area contributed by atoms with Gasteiger partial charge in [-0.25, -0.2) is 9.97 Å². The van der Waals surface area contributed by atoms with Gasteiger partial charge in [0.1, 0.15) is 11.6 Å². The van der Waals surface area contributed by atoms with Crippen LogP contribution >= 0.6 is 0 Å². The minimum Gasteiger partial charge on any atom is -0.362 e. The summed E-state index contributed by atoms with van der Waals surface area (Å²) < 4.78 is 5.43. The second-order valence-corrected chi connectivity index (χ2v) is 9.31. The number of amides is 2. The number of hydrogen-bond donors (Lipinski definition) is 0. The summed E-state index contributed by atoms with van der Waals surface area (Å²) >= 11 is 0. The van der Waals surface area contributed by atoms with Crippen molar-refractivity contribution in [2.75, 3.05) is 32.1 Å². The molecule has 5 rings (SSSR count). The third-order valence-electron chi connectivity index (χ3n) is 6.71. The second-order valence-electron chi connectivity index (χ2n) is 9.31. The predicted octanol–water partition coefficient (Wildman–Crippen LogP) is 2.68. The first-order valence-corrected chi connectivity index (χ1v) is 11.5. The zero-order valence-electron chi connectivity index (χ0n) is 19.0. The van der Waals surface area contributed by atoms with Crippen LogP contribution in [-0.4, -0.2) is 63.9 Å². The molecule has 170 valence electrons. The lowest BCUT2D eigenvalue weighted by Gasteiger charge is -2.36. The Bertz CT molecular complexity index is 1040. The van der Waals surface area contributed by atoms with E-state index in [0.717, 1.165) is 54.9 Å². The summed E-state index contributed by atoms with van der Waals surface area (Å²) in [5, 5.41) is 4.07. The molecule has 1 saturated carbocycles. The van der Waals surface area contributed by atoms with E-state index < -0.39 is 0 Å². The first kappa shape index (κ1) is 20.9. The zero-order valence-corrected chi connectivity index (χ0v) is 19.0. The number of fused-ring (bicyclic) bond motifs is 1. The third kappa shape index (κ3) is 3.84. The number of likely N-dealkylation sites (tertiary alicyclic amines) is 1. The van der Waals surface area contributed by atoms with Crippen LogP contribution in [0.25, 0.3) is 0 Å². The van der Waals surface area contributed by atoms with Crippen LogP contribution < -0.4 is 4.90 Å². The van der Waals surface area contributed by atoms with Crippen molar-refractivity contribution >= 4 is 17.6 Å². The first-order chi connectivity index (χ1) is 15.4. The van der Waals surface area contributed by atoms with E-state index in [1.165, 1.54) is 0 Å². The van der Waals surface area contributed by atoms with Crippen molar-refractivity contribution in [1.82, 2.24) is 24.9 Å². The lowest BCUT2D eigenvalue weighted by molar-refractivity contribution is -0.129. The monoisotopic (exact) mass is 438 g/mol. The van der Waals surface area contributed by atoms with Gasteiger partial charge in [-0.15, -0.1) is 0 Å². The highest BCUT2D eigenvalue weighted by molar-refractivity contribution is 5.92. The summed E-state index contributed by atoms with van der Waals surface area (Å²) in [6, 6.07) is 1.62. The molecule has 2 amide bonds. The Hall–Kier alpha value is -2.97. The van der Waals surface area contributed by atoms with Crippen LogP contribution in [0.1, 0.15) is 84.3 Å². The van der Waals surface area contributed by atoms with E-state index in [2.05, 4.69) is 5.16 Å². The minimum absolute atomic E-state index is 0.0617. The van der Waals surface area contributed by atoms with Crippen molar-refractivity contribution in [2.45, 2.75) is 64.0 Å². The quantitative estimate of drug-likeness (QED) is 0.724. The molecule has 1 atom stereocenters. The molecule has 3 aliphatic rings. The van der Waals surface area contributed by atoms with Crippen molar-refractivity contribution in [2.24, 2.45) is 0 Å². The molecule has 0 spiro atoms. The van der Waals surface area contributed by atoms with Gasteiger partial charge in [0.15, 0.2) is 11.5 Å². The van der Waals surface area contributed by atoms with Crippen LogP contribution in [-0.2, 0) is 17.8 Å². The van der Waals surface area contributed by atoms with Crippen LogP contribution in [0.2, 0.25) is 0 Å². The molecular formula is C23H30N6O3. The fourth-order valence-electron chi connectivity index (χ4n) is 4.74. The van der Waals surface area contributed by atoms with Crippen LogP contribution in [0.15, 0.2) is 10.6 Å². The third-order valence-corrected chi connectivity index (χ3v) is 6.71. The van der Waals surface area contributed by atoms with Crippen LogP contribution in [0, 0.1) is 0 Å². The molecule has 0 N–H and O–H groups in total. The maximum Gasteiger partial charge on any atom is 0.276 e. The maximum absolute atomic E-state index is 13.4. The molecule has 2 aromatic heterocycles. The van der Waals surface area contributed by atoms with E-state index in [-0.39, 0.29) is 17.9 Å². The van der Waals surface area contributed by atoms with E-state index >= 15 is 0 Å². The van der Waals surface area contributed by atoms with Crippen LogP contribution in [0.3, 0.4) is 0 Å². The van der Waals surface area contributed by atoms with Crippen molar-refractivity contribution in [3.8, 4) is 0 Å². The molecule has 9 nitrogen and oxygen atoms in total. The fourth-order valence-corrected chi connectivity index (χ4v) is 4.74. The maximum atomic E-state index is 13.4. The molecule has 0 radical (unpaired) electrons. The van der Waals surface area contributed by atoms with E-state index in [1.54, 1.807) is 13.0 Å². The smallest absolute Gasteiger partial charge is 0.276 e. The molecular weight excluding hydrogens is 408 g/mol. The van der Waals surface area contributed by atoms with E-state index in [4.69, 9.17) is 14.5 Å². The molecule has 2 fully saturated rings. The van der Waals surface area contributed by atoms with Gasteiger partial charge in [-0.2, -0.15) is 0 Å². The predicted molar refractivity (Wildman–Crippen MR) is 117 cm³/mol. The SMILES string of the molecule is CC(=O)N1CCc2nc([C@H]3CCCCN3C(=O)c3cc(C4CC4)on3)nc(N(C)C)c2C1. The second kappa shape index (κ2) is 8.18. The largest absolute Gasteiger partial charge is 0.362 e. The summed E-state index contributed by atoms with van der Waals surface area (Å²) in [5.41, 5.74) is 2.35. The number of anilines is 1. The Morgan fingerprint density at radius 1 is 1.12 bits per heavy atom. The highest BCUT2D eigenvalue weighted by atomic mass is 16.5. The average Bonchev–Trinajstić information content (AvgIpc) is 3.53. The number of hydrogen-bond acceptors (Lipinski definition) is 7. The first-order valence-electron chi connectivity index (χ1n) is 11.5. The summed E-state index contributed by atoms with van der Waals surface area (Å²) in [4.78, 5) is 40.8. The zero-order chi connectivity index (χ0) is 22.4. The van der Waals surface area contributed by atoms with Gasteiger partial charge in [0.05, 0.1) is 18.3 Å². The van der Waals surface area contributed by atoms with Gasteiger partial charge in [-0.05, 0) is 32.1 Å². The molecule has 2 aromatic rings. The standard InChI is InChI=1S/C23H30N6O3/c1-14(30)28-11-9-17-16(13-28)22(27(2)3)25-21(24-17)19-6-4-5-10-29(19)23(31)18-12-20(32-26-18)15-7-8-15/h12,15,19H,4-11,13H2,1-3H3/t19-/m1/s1. The Balaban J connectivity index is 1.47. The van der Waals surface area contributed by atoms with Gasteiger partial charge in [-0.1, -0.05) is 5.16 Å². The van der Waals surface area contributed by atoms with Gasteiger partial charge >= 0.3 is 0 Å². The number of carbonyl (C=O) groups excluding carboxylic acids is 2. The normalized spacial score (nSPS) is 20.8. The Morgan fingerprint density at radius 3 is 2.66 bits per heavy atom. The number of aromatic nitrogens is 3. The Labute approximate surface area is 187 Å².